The fourth-order valence-corrected chi connectivity index (χ4v) is 2.53. The maximum Gasteiger partial charge on any atom is 0.0646 e. The van der Waals surface area contributed by atoms with Crippen LogP contribution in [-0.4, -0.2) is 21.5 Å². The smallest absolute Gasteiger partial charge is 0.0646 e. The lowest BCUT2D eigenvalue weighted by Crippen LogP contribution is -2.04. The minimum atomic E-state index is 0.196. The summed E-state index contributed by atoms with van der Waals surface area (Å²) in [7, 11) is 0. The molecule has 0 spiro atoms. The molecule has 0 unspecified atom stereocenters. The molecular weight excluding hydrogens is 262 g/mol. The quantitative estimate of drug-likeness (QED) is 0.823. The molecule has 0 fully saturated rings. The number of hydrogen-bond donors (Lipinski definition) is 2. The number of nitrogens with zero attached hydrogens (tertiary/aromatic N) is 2. The molecule has 0 aliphatic rings. The van der Waals surface area contributed by atoms with E-state index in [-0.39, 0.29) is 6.61 Å². The normalized spacial score (nSPS) is 10.9. The van der Waals surface area contributed by atoms with Crippen molar-refractivity contribution in [2.45, 2.75) is 46.7 Å². The molecule has 0 aliphatic carbocycles. The molecule has 0 aliphatic heterocycles. The van der Waals surface area contributed by atoms with Gasteiger partial charge in [-0.15, -0.1) is 0 Å². The summed E-state index contributed by atoms with van der Waals surface area (Å²) >= 11 is 0. The molecule has 0 bridgehead atoms. The van der Waals surface area contributed by atoms with Crippen LogP contribution in [0.4, 0.5) is 5.69 Å². The number of aromatic nitrogens is 2. The molecule has 2 N–H and O–H groups in total. The van der Waals surface area contributed by atoms with Crippen molar-refractivity contribution in [2.75, 3.05) is 11.9 Å². The van der Waals surface area contributed by atoms with Crippen LogP contribution < -0.4 is 5.32 Å². The molecular formula is C17H25N3O. The summed E-state index contributed by atoms with van der Waals surface area (Å²) in [4.78, 5) is 0. The minimum absolute atomic E-state index is 0.196. The van der Waals surface area contributed by atoms with Gasteiger partial charge < -0.3 is 10.4 Å². The van der Waals surface area contributed by atoms with Crippen LogP contribution in [0.2, 0.25) is 0 Å². The van der Waals surface area contributed by atoms with Gasteiger partial charge in [0, 0.05) is 36.6 Å². The van der Waals surface area contributed by atoms with Crippen molar-refractivity contribution in [1.29, 1.82) is 0 Å². The zero-order chi connectivity index (χ0) is 15.2. The van der Waals surface area contributed by atoms with Crippen molar-refractivity contribution in [3.8, 4) is 0 Å². The van der Waals surface area contributed by atoms with Crippen molar-refractivity contribution in [3.05, 3.63) is 46.8 Å². The van der Waals surface area contributed by atoms with E-state index in [4.69, 9.17) is 5.11 Å². The maximum atomic E-state index is 8.92. The largest absolute Gasteiger partial charge is 0.396 e. The first kappa shape index (κ1) is 15.6. The van der Waals surface area contributed by atoms with Crippen LogP contribution in [0.1, 0.15) is 35.9 Å². The second-order valence-electron chi connectivity index (χ2n) is 5.40. The highest BCUT2D eigenvalue weighted by Gasteiger charge is 2.10. The van der Waals surface area contributed by atoms with Crippen LogP contribution in [-0.2, 0) is 19.5 Å². The first-order valence-electron chi connectivity index (χ1n) is 7.62. The van der Waals surface area contributed by atoms with E-state index in [1.54, 1.807) is 0 Å². The monoisotopic (exact) mass is 287 g/mol. The Labute approximate surface area is 126 Å². The average Bonchev–Trinajstić information content (AvgIpc) is 2.74. The molecule has 0 saturated carbocycles. The molecule has 2 rings (SSSR count). The van der Waals surface area contributed by atoms with E-state index in [9.17, 15) is 0 Å². The van der Waals surface area contributed by atoms with Crippen LogP contribution in [0.3, 0.4) is 0 Å². The molecule has 4 nitrogen and oxygen atoms in total. The van der Waals surface area contributed by atoms with Crippen LogP contribution >= 0.6 is 0 Å². The number of aryl methyl sites for hydroxylation is 2. The van der Waals surface area contributed by atoms with Crippen molar-refractivity contribution < 1.29 is 5.11 Å². The summed E-state index contributed by atoms with van der Waals surface area (Å²) in [5.74, 6) is 0. The minimum Gasteiger partial charge on any atom is -0.396 e. The molecule has 1 heterocycles. The fraction of sp³-hybridized carbons (Fsp3) is 0.471. The first-order chi connectivity index (χ1) is 10.2. The Morgan fingerprint density at radius 2 is 1.90 bits per heavy atom. The highest BCUT2D eigenvalue weighted by Crippen LogP contribution is 2.17. The predicted octanol–water partition coefficient (Wildman–Crippen LogP) is 3.06. The van der Waals surface area contributed by atoms with Gasteiger partial charge in [-0.2, -0.15) is 5.10 Å². The second-order valence-corrected chi connectivity index (χ2v) is 5.40. The van der Waals surface area contributed by atoms with E-state index >= 15 is 0 Å². The van der Waals surface area contributed by atoms with Crippen LogP contribution in [0.25, 0.3) is 0 Å². The van der Waals surface area contributed by atoms with E-state index in [2.05, 4.69) is 60.1 Å². The topological polar surface area (TPSA) is 50.1 Å². The predicted molar refractivity (Wildman–Crippen MR) is 86.6 cm³/mol. The summed E-state index contributed by atoms with van der Waals surface area (Å²) < 4.78 is 2.09. The molecule has 4 heteroatoms. The molecule has 21 heavy (non-hydrogen) atoms. The van der Waals surface area contributed by atoms with E-state index in [1.165, 1.54) is 11.3 Å². The van der Waals surface area contributed by atoms with Gasteiger partial charge in [-0.05, 0) is 44.4 Å². The summed E-state index contributed by atoms with van der Waals surface area (Å²) in [5, 5.41) is 17.0. The second kappa shape index (κ2) is 7.27. The molecule has 2 aromatic rings. The van der Waals surface area contributed by atoms with E-state index in [1.807, 2.05) is 0 Å². The maximum absolute atomic E-state index is 8.92. The van der Waals surface area contributed by atoms with Crippen molar-refractivity contribution in [3.63, 3.8) is 0 Å². The van der Waals surface area contributed by atoms with Crippen LogP contribution in [0, 0.1) is 13.8 Å². The van der Waals surface area contributed by atoms with Crippen molar-refractivity contribution >= 4 is 5.69 Å². The number of aliphatic hydroxyl groups excluding tert-OH is 1. The van der Waals surface area contributed by atoms with Crippen molar-refractivity contribution in [2.24, 2.45) is 0 Å². The number of rotatable bonds is 7. The third-order valence-electron chi connectivity index (χ3n) is 3.79. The van der Waals surface area contributed by atoms with E-state index in [0.29, 0.717) is 6.42 Å². The Balaban J connectivity index is 2.02. The summed E-state index contributed by atoms with van der Waals surface area (Å²) in [6.45, 7) is 8.34. The zero-order valence-corrected chi connectivity index (χ0v) is 13.2. The van der Waals surface area contributed by atoms with Gasteiger partial charge in [-0.3, -0.25) is 4.68 Å². The van der Waals surface area contributed by atoms with Gasteiger partial charge in [0.1, 0.15) is 0 Å². The molecule has 0 saturated heterocycles. The van der Waals surface area contributed by atoms with Gasteiger partial charge in [0.05, 0.1) is 5.69 Å². The van der Waals surface area contributed by atoms with Gasteiger partial charge in [-0.25, -0.2) is 0 Å². The number of aliphatic hydroxyl groups is 1. The highest BCUT2D eigenvalue weighted by atomic mass is 16.2. The molecule has 1 aromatic heterocycles. The average molecular weight is 287 g/mol. The summed E-state index contributed by atoms with van der Waals surface area (Å²) in [5.41, 5.74) is 5.89. The summed E-state index contributed by atoms with van der Waals surface area (Å²) in [6.07, 6.45) is 1.81. The molecule has 0 radical (unpaired) electrons. The highest BCUT2D eigenvalue weighted by molar-refractivity contribution is 5.45. The Kier molecular flexibility index (Phi) is 5.39. The number of hydrogen-bond acceptors (Lipinski definition) is 3. The SMILES string of the molecule is CCCn1nc(C)c(CNc2ccc(CCO)cc2)c1C. The molecule has 0 atom stereocenters. The van der Waals surface area contributed by atoms with Gasteiger partial charge >= 0.3 is 0 Å². The molecule has 0 amide bonds. The first-order valence-corrected chi connectivity index (χ1v) is 7.62. The molecule has 114 valence electrons. The standard InChI is InChI=1S/C17H25N3O/c1-4-10-20-14(3)17(13(2)19-20)12-18-16-7-5-15(6-8-16)9-11-21/h5-8,18,21H,4,9-12H2,1-3H3. The van der Waals surface area contributed by atoms with Gasteiger partial charge in [0.25, 0.3) is 0 Å². The third-order valence-corrected chi connectivity index (χ3v) is 3.79. The number of benzene rings is 1. The Morgan fingerprint density at radius 1 is 1.19 bits per heavy atom. The number of nitrogens with one attached hydrogen (secondary N) is 1. The lowest BCUT2D eigenvalue weighted by atomic mass is 10.1. The third kappa shape index (κ3) is 3.85. The lowest BCUT2D eigenvalue weighted by Gasteiger charge is -2.08. The Hall–Kier alpha value is -1.81. The van der Waals surface area contributed by atoms with E-state index in [0.717, 1.165) is 36.5 Å². The molecule has 1 aromatic carbocycles. The Morgan fingerprint density at radius 3 is 2.52 bits per heavy atom. The Bertz CT molecular complexity index is 572. The van der Waals surface area contributed by atoms with Gasteiger partial charge in [0.2, 0.25) is 0 Å². The van der Waals surface area contributed by atoms with E-state index < -0.39 is 0 Å². The van der Waals surface area contributed by atoms with Gasteiger partial charge in [-0.1, -0.05) is 19.1 Å². The zero-order valence-electron chi connectivity index (χ0n) is 13.2. The van der Waals surface area contributed by atoms with Crippen molar-refractivity contribution in [1.82, 2.24) is 9.78 Å². The van der Waals surface area contributed by atoms with Gasteiger partial charge in [0.15, 0.2) is 0 Å². The van der Waals surface area contributed by atoms with Crippen LogP contribution in [0.15, 0.2) is 24.3 Å². The number of anilines is 1. The summed E-state index contributed by atoms with van der Waals surface area (Å²) in [6, 6.07) is 8.23. The lowest BCUT2D eigenvalue weighted by molar-refractivity contribution is 0.299. The fourth-order valence-electron chi connectivity index (χ4n) is 2.53. The van der Waals surface area contributed by atoms with Crippen LogP contribution in [0.5, 0.6) is 0 Å².